The van der Waals surface area contributed by atoms with Gasteiger partial charge in [-0.2, -0.15) is 0 Å². The SMILES string of the molecule is COc1cc(C)c(C(O)c2coc(C)c2)cc1C. The van der Waals surface area contributed by atoms with Gasteiger partial charge in [0.05, 0.1) is 13.4 Å². The molecule has 0 radical (unpaired) electrons. The zero-order valence-electron chi connectivity index (χ0n) is 11.2. The Kier molecular flexibility index (Phi) is 3.43. The molecule has 3 nitrogen and oxygen atoms in total. The van der Waals surface area contributed by atoms with E-state index in [-0.39, 0.29) is 0 Å². The maximum absolute atomic E-state index is 10.4. The lowest BCUT2D eigenvalue weighted by Gasteiger charge is -2.15. The lowest BCUT2D eigenvalue weighted by molar-refractivity contribution is 0.218. The molecular weight excluding hydrogens is 228 g/mol. The third-order valence-corrected chi connectivity index (χ3v) is 3.14. The van der Waals surface area contributed by atoms with Gasteiger partial charge in [-0.25, -0.2) is 0 Å². The van der Waals surface area contributed by atoms with Crippen LogP contribution in [0.5, 0.6) is 5.75 Å². The Morgan fingerprint density at radius 3 is 2.39 bits per heavy atom. The summed E-state index contributed by atoms with van der Waals surface area (Å²) in [4.78, 5) is 0. The number of methoxy groups -OCH3 is 1. The molecule has 0 saturated carbocycles. The molecule has 2 aromatic rings. The van der Waals surface area contributed by atoms with E-state index in [0.29, 0.717) is 0 Å². The molecule has 18 heavy (non-hydrogen) atoms. The van der Waals surface area contributed by atoms with Crippen molar-refractivity contribution in [3.05, 3.63) is 52.5 Å². The van der Waals surface area contributed by atoms with Crippen molar-refractivity contribution in [2.45, 2.75) is 26.9 Å². The Morgan fingerprint density at radius 1 is 1.11 bits per heavy atom. The topological polar surface area (TPSA) is 42.6 Å². The van der Waals surface area contributed by atoms with Crippen molar-refractivity contribution < 1.29 is 14.3 Å². The number of aliphatic hydroxyl groups excluding tert-OH is 1. The predicted octanol–water partition coefficient (Wildman–Crippen LogP) is 3.30. The van der Waals surface area contributed by atoms with Crippen LogP contribution < -0.4 is 4.74 Å². The minimum atomic E-state index is -0.660. The zero-order valence-corrected chi connectivity index (χ0v) is 11.2. The lowest BCUT2D eigenvalue weighted by Crippen LogP contribution is -2.02. The highest BCUT2D eigenvalue weighted by Crippen LogP contribution is 2.30. The summed E-state index contributed by atoms with van der Waals surface area (Å²) < 4.78 is 10.5. The molecule has 1 aromatic carbocycles. The van der Waals surface area contributed by atoms with Gasteiger partial charge in [0.15, 0.2) is 0 Å². The summed E-state index contributed by atoms with van der Waals surface area (Å²) >= 11 is 0. The normalized spacial score (nSPS) is 12.5. The van der Waals surface area contributed by atoms with Crippen molar-refractivity contribution in [1.82, 2.24) is 0 Å². The summed E-state index contributed by atoms with van der Waals surface area (Å²) in [7, 11) is 1.65. The van der Waals surface area contributed by atoms with Crippen molar-refractivity contribution in [1.29, 1.82) is 0 Å². The smallest absolute Gasteiger partial charge is 0.122 e. The Balaban J connectivity index is 2.42. The van der Waals surface area contributed by atoms with Gasteiger partial charge in [0, 0.05) is 5.56 Å². The fourth-order valence-electron chi connectivity index (χ4n) is 2.11. The Morgan fingerprint density at radius 2 is 1.83 bits per heavy atom. The molecule has 0 amide bonds. The van der Waals surface area contributed by atoms with Crippen LogP contribution in [0.1, 0.15) is 34.1 Å². The highest BCUT2D eigenvalue weighted by molar-refractivity contribution is 5.44. The van der Waals surface area contributed by atoms with E-state index in [0.717, 1.165) is 33.8 Å². The summed E-state index contributed by atoms with van der Waals surface area (Å²) in [6.07, 6.45) is 0.936. The van der Waals surface area contributed by atoms with Crippen LogP contribution in [0.4, 0.5) is 0 Å². The first-order valence-electron chi connectivity index (χ1n) is 5.91. The van der Waals surface area contributed by atoms with Gasteiger partial charge in [0.2, 0.25) is 0 Å². The number of ether oxygens (including phenoxy) is 1. The van der Waals surface area contributed by atoms with Crippen LogP contribution in [0.15, 0.2) is 28.9 Å². The number of benzene rings is 1. The number of hydrogen-bond acceptors (Lipinski definition) is 3. The zero-order chi connectivity index (χ0) is 13.3. The van der Waals surface area contributed by atoms with Gasteiger partial charge in [0.25, 0.3) is 0 Å². The quantitative estimate of drug-likeness (QED) is 0.903. The van der Waals surface area contributed by atoms with Crippen molar-refractivity contribution in [3.8, 4) is 5.75 Å². The summed E-state index contributed by atoms with van der Waals surface area (Å²) in [6, 6.07) is 5.76. The predicted molar refractivity (Wildman–Crippen MR) is 70.0 cm³/mol. The van der Waals surface area contributed by atoms with Crippen molar-refractivity contribution in [2.24, 2.45) is 0 Å². The van der Waals surface area contributed by atoms with E-state index >= 15 is 0 Å². The third kappa shape index (κ3) is 2.27. The van der Waals surface area contributed by atoms with Gasteiger partial charge in [-0.3, -0.25) is 0 Å². The molecule has 0 fully saturated rings. The van der Waals surface area contributed by atoms with Crippen LogP contribution in [0.2, 0.25) is 0 Å². The van der Waals surface area contributed by atoms with Crippen molar-refractivity contribution in [2.75, 3.05) is 7.11 Å². The minimum Gasteiger partial charge on any atom is -0.496 e. The van der Waals surface area contributed by atoms with Crippen LogP contribution in [0.25, 0.3) is 0 Å². The third-order valence-electron chi connectivity index (χ3n) is 3.14. The van der Waals surface area contributed by atoms with Crippen molar-refractivity contribution in [3.63, 3.8) is 0 Å². The molecule has 1 heterocycles. The molecule has 96 valence electrons. The molecule has 3 heteroatoms. The fraction of sp³-hybridized carbons (Fsp3) is 0.333. The van der Waals surface area contributed by atoms with Crippen LogP contribution in [0, 0.1) is 20.8 Å². The van der Waals surface area contributed by atoms with E-state index < -0.39 is 6.10 Å². The molecule has 1 N–H and O–H groups in total. The Hall–Kier alpha value is -1.74. The first-order chi connectivity index (χ1) is 8.52. The first kappa shape index (κ1) is 12.7. The van der Waals surface area contributed by atoms with E-state index in [4.69, 9.17) is 9.15 Å². The molecule has 1 unspecified atom stereocenters. The minimum absolute atomic E-state index is 0.660. The molecule has 0 saturated heterocycles. The number of aliphatic hydroxyl groups is 1. The van der Waals surface area contributed by atoms with Crippen LogP contribution in [0.3, 0.4) is 0 Å². The van der Waals surface area contributed by atoms with Crippen LogP contribution in [-0.4, -0.2) is 12.2 Å². The average Bonchev–Trinajstić information content (AvgIpc) is 2.77. The van der Waals surface area contributed by atoms with E-state index in [1.165, 1.54) is 0 Å². The molecule has 0 aliphatic rings. The molecule has 0 spiro atoms. The molecule has 0 bridgehead atoms. The van der Waals surface area contributed by atoms with Crippen LogP contribution in [-0.2, 0) is 0 Å². The number of aryl methyl sites for hydroxylation is 3. The van der Waals surface area contributed by atoms with Crippen molar-refractivity contribution >= 4 is 0 Å². The Labute approximate surface area is 107 Å². The van der Waals surface area contributed by atoms with Gasteiger partial charge >= 0.3 is 0 Å². The van der Waals surface area contributed by atoms with Crippen LogP contribution >= 0.6 is 0 Å². The fourth-order valence-corrected chi connectivity index (χ4v) is 2.11. The van der Waals surface area contributed by atoms with E-state index in [1.807, 2.05) is 39.0 Å². The number of furan rings is 1. The summed E-state index contributed by atoms with van der Waals surface area (Å²) in [5, 5.41) is 10.4. The van der Waals surface area contributed by atoms with Gasteiger partial charge < -0.3 is 14.3 Å². The maximum Gasteiger partial charge on any atom is 0.122 e. The van der Waals surface area contributed by atoms with E-state index in [2.05, 4.69) is 0 Å². The van der Waals surface area contributed by atoms with Gasteiger partial charge in [-0.1, -0.05) is 0 Å². The molecule has 0 aliphatic heterocycles. The summed E-state index contributed by atoms with van der Waals surface area (Å²) in [5.41, 5.74) is 3.68. The summed E-state index contributed by atoms with van der Waals surface area (Å²) in [5.74, 6) is 1.64. The van der Waals surface area contributed by atoms with Gasteiger partial charge in [0.1, 0.15) is 17.6 Å². The summed E-state index contributed by atoms with van der Waals surface area (Å²) in [6.45, 7) is 5.80. The number of rotatable bonds is 3. The van der Waals surface area contributed by atoms with E-state index in [9.17, 15) is 5.11 Å². The second-order valence-electron chi connectivity index (χ2n) is 4.57. The second kappa shape index (κ2) is 4.86. The molecular formula is C15H18O3. The second-order valence-corrected chi connectivity index (χ2v) is 4.57. The monoisotopic (exact) mass is 246 g/mol. The molecule has 1 atom stereocenters. The molecule has 2 rings (SSSR count). The molecule has 1 aromatic heterocycles. The average molecular weight is 246 g/mol. The van der Waals surface area contributed by atoms with E-state index in [1.54, 1.807) is 13.4 Å². The standard InChI is InChI=1S/C15H18O3/c1-9-6-14(17-4)10(2)5-13(9)15(16)12-7-11(3)18-8-12/h5-8,15-16H,1-4H3. The Bertz CT molecular complexity index is 555. The maximum atomic E-state index is 10.4. The van der Waals surface area contributed by atoms with Gasteiger partial charge in [-0.15, -0.1) is 0 Å². The van der Waals surface area contributed by atoms with Gasteiger partial charge in [-0.05, 0) is 55.7 Å². The first-order valence-corrected chi connectivity index (χ1v) is 5.91. The number of hydrogen-bond donors (Lipinski definition) is 1. The lowest BCUT2D eigenvalue weighted by atomic mass is 9.96. The highest BCUT2D eigenvalue weighted by Gasteiger charge is 2.16. The highest BCUT2D eigenvalue weighted by atomic mass is 16.5. The molecule has 0 aliphatic carbocycles. The largest absolute Gasteiger partial charge is 0.496 e.